The smallest absolute Gasteiger partial charge is 0.128 e. The molecule has 0 radical (unpaired) electrons. The van der Waals surface area contributed by atoms with E-state index in [1.807, 2.05) is 0 Å². The molecule has 0 aliphatic heterocycles. The van der Waals surface area contributed by atoms with Gasteiger partial charge in [0, 0.05) is 6.54 Å². The summed E-state index contributed by atoms with van der Waals surface area (Å²) in [5.41, 5.74) is 7.79. The number of nitrogens with two attached hydrogens (primary N) is 1. The largest absolute Gasteiger partial charge is 0.397 e. The lowest BCUT2D eigenvalue weighted by Gasteiger charge is -2.12. The van der Waals surface area contributed by atoms with Crippen molar-refractivity contribution in [2.24, 2.45) is 5.92 Å². The van der Waals surface area contributed by atoms with Gasteiger partial charge >= 0.3 is 0 Å². The highest BCUT2D eigenvalue weighted by atomic mass is 19.1. The van der Waals surface area contributed by atoms with E-state index in [0.29, 0.717) is 11.3 Å². The lowest BCUT2D eigenvalue weighted by atomic mass is 10.0. The van der Waals surface area contributed by atoms with Crippen molar-refractivity contribution in [2.45, 2.75) is 45.4 Å². The molecule has 1 aliphatic carbocycles. The predicted molar refractivity (Wildman–Crippen MR) is 75.2 cm³/mol. The minimum absolute atomic E-state index is 0.232. The molecule has 0 aromatic heterocycles. The fourth-order valence-corrected chi connectivity index (χ4v) is 2.76. The van der Waals surface area contributed by atoms with Crippen LogP contribution in [-0.2, 0) is 0 Å². The summed E-state index contributed by atoms with van der Waals surface area (Å²) in [5.74, 6) is 0.697. The molecular formula is C15H23FN2. The van der Waals surface area contributed by atoms with E-state index in [9.17, 15) is 4.39 Å². The Morgan fingerprint density at radius 2 is 2.06 bits per heavy atom. The number of rotatable bonds is 5. The van der Waals surface area contributed by atoms with Gasteiger partial charge in [0.15, 0.2) is 0 Å². The van der Waals surface area contributed by atoms with E-state index in [4.69, 9.17) is 5.73 Å². The highest BCUT2D eigenvalue weighted by Crippen LogP contribution is 2.28. The molecule has 2 nitrogen and oxygen atoms in total. The molecule has 2 rings (SSSR count). The van der Waals surface area contributed by atoms with Gasteiger partial charge in [0.25, 0.3) is 0 Å². The summed E-state index contributed by atoms with van der Waals surface area (Å²) in [4.78, 5) is 0. The summed E-state index contributed by atoms with van der Waals surface area (Å²) >= 11 is 0. The molecule has 0 unspecified atom stereocenters. The van der Waals surface area contributed by atoms with E-state index in [0.717, 1.165) is 18.2 Å². The predicted octanol–water partition coefficient (Wildman–Crippen LogP) is 4.10. The SMILES string of the molecule is Cc1cc(NCCCC2CCCC2)c(N)cc1F. The standard InChI is InChI=1S/C15H23FN2/c1-11-9-15(14(17)10-13(11)16)18-8-4-7-12-5-2-3-6-12/h9-10,12,18H,2-8,17H2,1H3. The fourth-order valence-electron chi connectivity index (χ4n) is 2.76. The van der Waals surface area contributed by atoms with Gasteiger partial charge in [0.2, 0.25) is 0 Å². The van der Waals surface area contributed by atoms with Crippen LogP contribution in [-0.4, -0.2) is 6.54 Å². The Kier molecular flexibility index (Phi) is 4.45. The third-order valence-electron chi connectivity index (χ3n) is 3.91. The molecule has 1 saturated carbocycles. The van der Waals surface area contributed by atoms with Crippen molar-refractivity contribution in [1.29, 1.82) is 0 Å². The summed E-state index contributed by atoms with van der Waals surface area (Å²) in [6.45, 7) is 2.68. The molecule has 100 valence electrons. The van der Waals surface area contributed by atoms with Crippen LogP contribution in [0, 0.1) is 18.7 Å². The van der Waals surface area contributed by atoms with Crippen LogP contribution >= 0.6 is 0 Å². The maximum Gasteiger partial charge on any atom is 0.128 e. The topological polar surface area (TPSA) is 38.0 Å². The first kappa shape index (κ1) is 13.2. The number of aryl methyl sites for hydroxylation is 1. The van der Waals surface area contributed by atoms with Crippen molar-refractivity contribution in [3.8, 4) is 0 Å². The van der Waals surface area contributed by atoms with E-state index in [1.165, 1.54) is 44.6 Å². The average Bonchev–Trinajstić information content (AvgIpc) is 2.84. The van der Waals surface area contributed by atoms with Gasteiger partial charge in [-0.3, -0.25) is 0 Å². The van der Waals surface area contributed by atoms with Gasteiger partial charge in [-0.05, 0) is 43.4 Å². The van der Waals surface area contributed by atoms with Crippen LogP contribution in [0.3, 0.4) is 0 Å². The van der Waals surface area contributed by atoms with Crippen molar-refractivity contribution < 1.29 is 4.39 Å². The van der Waals surface area contributed by atoms with E-state index in [2.05, 4.69) is 5.32 Å². The van der Waals surface area contributed by atoms with Crippen LogP contribution in [0.1, 0.15) is 44.1 Å². The molecule has 1 aromatic carbocycles. The second-order valence-corrected chi connectivity index (χ2v) is 5.41. The maximum absolute atomic E-state index is 13.2. The highest BCUT2D eigenvalue weighted by Gasteiger charge is 2.14. The summed E-state index contributed by atoms with van der Waals surface area (Å²) in [6.07, 6.45) is 8.08. The molecule has 0 spiro atoms. The molecule has 0 atom stereocenters. The summed E-state index contributed by atoms with van der Waals surface area (Å²) in [5, 5.41) is 3.31. The second kappa shape index (κ2) is 6.07. The first-order valence-corrected chi connectivity index (χ1v) is 6.96. The van der Waals surface area contributed by atoms with E-state index < -0.39 is 0 Å². The van der Waals surface area contributed by atoms with Gasteiger partial charge in [-0.2, -0.15) is 0 Å². The maximum atomic E-state index is 13.2. The molecule has 0 saturated heterocycles. The summed E-state index contributed by atoms with van der Waals surface area (Å²) < 4.78 is 13.2. The minimum Gasteiger partial charge on any atom is -0.397 e. The van der Waals surface area contributed by atoms with E-state index in [-0.39, 0.29) is 5.82 Å². The summed E-state index contributed by atoms with van der Waals surface area (Å²) in [7, 11) is 0. The number of halogens is 1. The zero-order chi connectivity index (χ0) is 13.0. The lowest BCUT2D eigenvalue weighted by molar-refractivity contribution is 0.491. The molecule has 1 fully saturated rings. The van der Waals surface area contributed by atoms with Crippen LogP contribution < -0.4 is 11.1 Å². The number of benzene rings is 1. The lowest BCUT2D eigenvalue weighted by Crippen LogP contribution is -2.07. The van der Waals surface area contributed by atoms with Gasteiger partial charge in [-0.15, -0.1) is 0 Å². The number of hydrogen-bond donors (Lipinski definition) is 2. The molecule has 3 N–H and O–H groups in total. The van der Waals surface area contributed by atoms with Crippen LogP contribution in [0.15, 0.2) is 12.1 Å². The van der Waals surface area contributed by atoms with E-state index in [1.54, 1.807) is 13.0 Å². The van der Waals surface area contributed by atoms with Crippen molar-refractivity contribution in [3.63, 3.8) is 0 Å². The Hall–Kier alpha value is -1.25. The van der Waals surface area contributed by atoms with Crippen LogP contribution in [0.5, 0.6) is 0 Å². The molecular weight excluding hydrogens is 227 g/mol. The van der Waals surface area contributed by atoms with Crippen molar-refractivity contribution in [3.05, 3.63) is 23.5 Å². The molecule has 0 bridgehead atoms. The second-order valence-electron chi connectivity index (χ2n) is 5.41. The van der Waals surface area contributed by atoms with Crippen LogP contribution in [0.2, 0.25) is 0 Å². The zero-order valence-corrected chi connectivity index (χ0v) is 11.1. The molecule has 1 aromatic rings. The van der Waals surface area contributed by atoms with Crippen molar-refractivity contribution in [2.75, 3.05) is 17.6 Å². The van der Waals surface area contributed by atoms with Gasteiger partial charge in [0.05, 0.1) is 11.4 Å². The number of hydrogen-bond acceptors (Lipinski definition) is 2. The first-order chi connectivity index (χ1) is 8.66. The van der Waals surface area contributed by atoms with Gasteiger partial charge in [-0.25, -0.2) is 4.39 Å². The Morgan fingerprint density at radius 1 is 1.33 bits per heavy atom. The third kappa shape index (κ3) is 3.37. The van der Waals surface area contributed by atoms with Crippen LogP contribution in [0.4, 0.5) is 15.8 Å². The molecule has 0 amide bonds. The first-order valence-electron chi connectivity index (χ1n) is 6.96. The number of nitrogen functional groups attached to an aromatic ring is 1. The number of anilines is 2. The molecule has 18 heavy (non-hydrogen) atoms. The van der Waals surface area contributed by atoms with Gasteiger partial charge < -0.3 is 11.1 Å². The summed E-state index contributed by atoms with van der Waals surface area (Å²) in [6, 6.07) is 3.19. The fraction of sp³-hybridized carbons (Fsp3) is 0.600. The third-order valence-corrected chi connectivity index (χ3v) is 3.91. The Bertz CT molecular complexity index is 398. The Morgan fingerprint density at radius 3 is 2.78 bits per heavy atom. The van der Waals surface area contributed by atoms with Gasteiger partial charge in [0.1, 0.15) is 5.82 Å². The Balaban J connectivity index is 1.77. The monoisotopic (exact) mass is 250 g/mol. The molecule has 3 heteroatoms. The minimum atomic E-state index is -0.232. The van der Waals surface area contributed by atoms with Crippen molar-refractivity contribution >= 4 is 11.4 Å². The van der Waals surface area contributed by atoms with E-state index >= 15 is 0 Å². The number of nitrogens with one attached hydrogen (secondary N) is 1. The quantitative estimate of drug-likeness (QED) is 0.610. The zero-order valence-electron chi connectivity index (χ0n) is 11.1. The molecule has 1 aliphatic rings. The van der Waals surface area contributed by atoms with Crippen molar-refractivity contribution in [1.82, 2.24) is 0 Å². The Labute approximate surface area is 109 Å². The molecule has 0 heterocycles. The van der Waals surface area contributed by atoms with Gasteiger partial charge in [-0.1, -0.05) is 25.7 Å². The highest BCUT2D eigenvalue weighted by molar-refractivity contribution is 5.67. The van der Waals surface area contributed by atoms with Crippen LogP contribution in [0.25, 0.3) is 0 Å². The average molecular weight is 250 g/mol. The normalized spacial score (nSPS) is 16.1.